The van der Waals surface area contributed by atoms with Crippen LogP contribution in [0.25, 0.3) is 0 Å². The van der Waals surface area contributed by atoms with Gasteiger partial charge in [-0.25, -0.2) is 0 Å². The summed E-state index contributed by atoms with van der Waals surface area (Å²) in [4.78, 5) is 2.55. The summed E-state index contributed by atoms with van der Waals surface area (Å²) in [7, 11) is 0. The van der Waals surface area contributed by atoms with Crippen molar-refractivity contribution >= 4 is 0 Å². The molecule has 3 nitrogen and oxygen atoms in total. The maximum Gasteiger partial charge on any atom is 0.0469 e. The molecule has 86 valence electrons. The molecule has 0 spiro atoms. The van der Waals surface area contributed by atoms with E-state index in [-0.39, 0.29) is 0 Å². The molecule has 0 amide bonds. The highest BCUT2D eigenvalue weighted by Crippen LogP contribution is 2.18. The van der Waals surface area contributed by atoms with Gasteiger partial charge in [0.05, 0.1) is 0 Å². The maximum absolute atomic E-state index is 5.63. The number of rotatable bonds is 3. The van der Waals surface area contributed by atoms with Crippen LogP contribution in [-0.4, -0.2) is 44.3 Å². The van der Waals surface area contributed by atoms with Gasteiger partial charge in [-0.1, -0.05) is 11.6 Å². The number of hydrogen-bond donors (Lipinski definition) is 1. The summed E-state index contributed by atoms with van der Waals surface area (Å²) in [6.07, 6.45) is 5.95. The van der Waals surface area contributed by atoms with Gasteiger partial charge in [0.1, 0.15) is 0 Å². The Balaban J connectivity index is 1.74. The minimum absolute atomic E-state index is 0.741. The summed E-state index contributed by atoms with van der Waals surface area (Å²) >= 11 is 0. The van der Waals surface area contributed by atoms with Gasteiger partial charge in [-0.15, -0.1) is 0 Å². The maximum atomic E-state index is 5.63. The highest BCUT2D eigenvalue weighted by Gasteiger charge is 2.18. The normalized spacial score (nSPS) is 25.3. The Hall–Kier alpha value is -0.380. The lowest BCUT2D eigenvalue weighted by Gasteiger charge is -2.31. The fourth-order valence-electron chi connectivity index (χ4n) is 2.40. The van der Waals surface area contributed by atoms with E-state index >= 15 is 0 Å². The van der Waals surface area contributed by atoms with Crippen LogP contribution in [0.2, 0.25) is 0 Å². The van der Waals surface area contributed by atoms with E-state index in [4.69, 9.17) is 10.5 Å². The molecule has 0 radical (unpaired) electrons. The van der Waals surface area contributed by atoms with Gasteiger partial charge in [0.25, 0.3) is 0 Å². The standard InChI is InChI=1S/C12H22N2O/c13-9-11-1-5-14(6-2-11)10-12-3-7-15-8-4-12/h1,12H,2-10,13H2. The third-order valence-electron chi connectivity index (χ3n) is 3.51. The molecule has 0 aromatic heterocycles. The Morgan fingerprint density at radius 2 is 2.20 bits per heavy atom. The third-order valence-corrected chi connectivity index (χ3v) is 3.51. The highest BCUT2D eigenvalue weighted by atomic mass is 16.5. The summed E-state index contributed by atoms with van der Waals surface area (Å²) in [6.45, 7) is 6.21. The second kappa shape index (κ2) is 5.64. The molecule has 1 fully saturated rings. The predicted molar refractivity (Wildman–Crippen MR) is 61.7 cm³/mol. The molecule has 2 rings (SSSR count). The van der Waals surface area contributed by atoms with E-state index in [2.05, 4.69) is 11.0 Å². The van der Waals surface area contributed by atoms with Crippen molar-refractivity contribution in [3.8, 4) is 0 Å². The number of hydrogen-bond acceptors (Lipinski definition) is 3. The van der Waals surface area contributed by atoms with Crippen LogP contribution in [-0.2, 0) is 4.74 Å². The van der Waals surface area contributed by atoms with E-state index in [0.29, 0.717) is 0 Å². The molecule has 0 saturated carbocycles. The fourth-order valence-corrected chi connectivity index (χ4v) is 2.40. The quantitative estimate of drug-likeness (QED) is 0.706. The molecule has 1 saturated heterocycles. The molecule has 0 aromatic carbocycles. The van der Waals surface area contributed by atoms with Crippen molar-refractivity contribution < 1.29 is 4.74 Å². The van der Waals surface area contributed by atoms with Crippen LogP contribution < -0.4 is 5.73 Å². The van der Waals surface area contributed by atoms with E-state index in [9.17, 15) is 0 Å². The first-order valence-corrected chi connectivity index (χ1v) is 6.06. The van der Waals surface area contributed by atoms with Gasteiger partial charge in [0.15, 0.2) is 0 Å². The summed E-state index contributed by atoms with van der Waals surface area (Å²) < 4.78 is 5.38. The Kier molecular flexibility index (Phi) is 4.18. The zero-order valence-electron chi connectivity index (χ0n) is 9.45. The van der Waals surface area contributed by atoms with E-state index in [1.54, 1.807) is 0 Å². The monoisotopic (exact) mass is 210 g/mol. The van der Waals surface area contributed by atoms with Crippen LogP contribution in [0.4, 0.5) is 0 Å². The predicted octanol–water partition coefficient (Wildman–Crippen LogP) is 1.00. The Morgan fingerprint density at radius 1 is 1.40 bits per heavy atom. The molecule has 2 N–H and O–H groups in total. The van der Waals surface area contributed by atoms with Gasteiger partial charge in [0.2, 0.25) is 0 Å². The molecular weight excluding hydrogens is 188 g/mol. The Bertz CT molecular complexity index is 222. The van der Waals surface area contributed by atoms with Crippen molar-refractivity contribution in [1.82, 2.24) is 4.90 Å². The van der Waals surface area contributed by atoms with Crippen molar-refractivity contribution in [2.45, 2.75) is 19.3 Å². The molecule has 2 aliphatic heterocycles. The summed E-state index contributed by atoms with van der Waals surface area (Å²) in [6, 6.07) is 0. The average molecular weight is 210 g/mol. The van der Waals surface area contributed by atoms with Crippen LogP contribution in [0.1, 0.15) is 19.3 Å². The zero-order valence-corrected chi connectivity index (χ0v) is 9.45. The lowest BCUT2D eigenvalue weighted by atomic mass is 9.98. The summed E-state index contributed by atoms with van der Waals surface area (Å²) in [5, 5.41) is 0. The molecule has 15 heavy (non-hydrogen) atoms. The minimum atomic E-state index is 0.741. The van der Waals surface area contributed by atoms with Crippen molar-refractivity contribution in [2.24, 2.45) is 11.7 Å². The van der Waals surface area contributed by atoms with Crippen LogP contribution in [0.15, 0.2) is 11.6 Å². The van der Waals surface area contributed by atoms with Crippen LogP contribution in [0, 0.1) is 5.92 Å². The van der Waals surface area contributed by atoms with Gasteiger partial charge in [-0.2, -0.15) is 0 Å². The van der Waals surface area contributed by atoms with Crippen molar-refractivity contribution in [2.75, 3.05) is 39.4 Å². The molecule has 2 heterocycles. The summed E-state index contributed by atoms with van der Waals surface area (Å²) in [5.74, 6) is 0.853. The van der Waals surface area contributed by atoms with Gasteiger partial charge in [-0.3, -0.25) is 4.90 Å². The topological polar surface area (TPSA) is 38.5 Å². The largest absolute Gasteiger partial charge is 0.381 e. The molecule has 3 heteroatoms. The van der Waals surface area contributed by atoms with E-state index in [1.807, 2.05) is 0 Å². The second-order valence-electron chi connectivity index (χ2n) is 4.63. The van der Waals surface area contributed by atoms with E-state index in [1.165, 1.54) is 37.9 Å². The van der Waals surface area contributed by atoms with Gasteiger partial charge in [-0.05, 0) is 25.2 Å². The fraction of sp³-hybridized carbons (Fsp3) is 0.833. The first-order valence-electron chi connectivity index (χ1n) is 6.06. The Morgan fingerprint density at radius 3 is 2.80 bits per heavy atom. The van der Waals surface area contributed by atoms with Gasteiger partial charge >= 0.3 is 0 Å². The van der Waals surface area contributed by atoms with E-state index in [0.717, 1.165) is 32.2 Å². The minimum Gasteiger partial charge on any atom is -0.381 e. The van der Waals surface area contributed by atoms with Crippen molar-refractivity contribution in [3.63, 3.8) is 0 Å². The summed E-state index contributed by atoms with van der Waals surface area (Å²) in [5.41, 5.74) is 7.06. The lowest BCUT2D eigenvalue weighted by Crippen LogP contribution is -2.36. The second-order valence-corrected chi connectivity index (χ2v) is 4.63. The first-order chi connectivity index (χ1) is 7.38. The number of ether oxygens (including phenoxy) is 1. The SMILES string of the molecule is NCC1=CCN(CC2CCOCC2)CC1. The van der Waals surface area contributed by atoms with Crippen molar-refractivity contribution in [1.29, 1.82) is 0 Å². The third kappa shape index (κ3) is 3.30. The lowest BCUT2D eigenvalue weighted by molar-refractivity contribution is 0.0536. The first kappa shape index (κ1) is 11.1. The van der Waals surface area contributed by atoms with Gasteiger partial charge < -0.3 is 10.5 Å². The van der Waals surface area contributed by atoms with Crippen LogP contribution in [0.3, 0.4) is 0 Å². The zero-order chi connectivity index (χ0) is 10.5. The molecule has 0 bridgehead atoms. The number of nitrogens with two attached hydrogens (primary N) is 1. The van der Waals surface area contributed by atoms with E-state index < -0.39 is 0 Å². The van der Waals surface area contributed by atoms with Gasteiger partial charge in [0, 0.05) is 39.4 Å². The van der Waals surface area contributed by atoms with Crippen LogP contribution in [0.5, 0.6) is 0 Å². The molecule has 0 atom stereocenters. The molecule has 0 aliphatic carbocycles. The molecular formula is C12H22N2O. The smallest absolute Gasteiger partial charge is 0.0469 e. The molecule has 0 aromatic rings. The van der Waals surface area contributed by atoms with Crippen molar-refractivity contribution in [3.05, 3.63) is 11.6 Å². The van der Waals surface area contributed by atoms with Crippen LogP contribution >= 0.6 is 0 Å². The molecule has 2 aliphatic rings. The molecule has 0 unspecified atom stereocenters. The average Bonchev–Trinajstić information content (AvgIpc) is 2.31. The number of nitrogens with zero attached hydrogens (tertiary/aromatic N) is 1. The Labute approximate surface area is 92.3 Å². The highest BCUT2D eigenvalue weighted by molar-refractivity contribution is 5.08.